The van der Waals surface area contributed by atoms with Gasteiger partial charge >= 0.3 is 22.5 Å². The van der Waals surface area contributed by atoms with E-state index in [1.54, 1.807) is 0 Å². The predicted octanol–water partition coefficient (Wildman–Crippen LogP) is 1.75. The van der Waals surface area contributed by atoms with Gasteiger partial charge in [-0.2, -0.15) is 0 Å². The molecular weight excluding hydrogens is 724 g/mol. The molecule has 1 N–H and O–H groups in total. The maximum absolute atomic E-state index is 12.5. The molecule has 4 aromatic heterocycles. The van der Waals surface area contributed by atoms with Gasteiger partial charge in [0, 0.05) is 13.6 Å². The molecule has 0 saturated carbocycles. The van der Waals surface area contributed by atoms with Crippen molar-refractivity contribution in [3.05, 3.63) is 107 Å². The number of hydrogen-bond acceptors (Lipinski definition) is 15. The van der Waals surface area contributed by atoms with Crippen LogP contribution in [0.4, 0.5) is 0 Å². The van der Waals surface area contributed by atoms with Crippen LogP contribution in [0.5, 0.6) is 0 Å². The van der Waals surface area contributed by atoms with E-state index >= 15 is 0 Å². The zero-order valence-corrected chi connectivity index (χ0v) is 29.8. The fraction of sp³-hybridized carbons (Fsp3) is 0.378. The van der Waals surface area contributed by atoms with Gasteiger partial charge in [-0.15, -0.1) is 0 Å². The van der Waals surface area contributed by atoms with Gasteiger partial charge in [0.15, 0.2) is 0 Å². The highest BCUT2D eigenvalue weighted by Gasteiger charge is 2.18. The Morgan fingerprint density at radius 3 is 1.25 bits per heavy atom. The van der Waals surface area contributed by atoms with Gasteiger partial charge in [0.05, 0.1) is 56.2 Å². The van der Waals surface area contributed by atoms with E-state index in [4.69, 9.17) is 9.90 Å². The average molecular weight is 760 g/mol. The summed E-state index contributed by atoms with van der Waals surface area (Å²) in [5.74, 6) is 0. The lowest BCUT2D eigenvalue weighted by molar-refractivity contribution is 0.437. The molecule has 0 spiro atoms. The Hall–Kier alpha value is -6.77. The molecule has 6 rings (SSSR count). The molecule has 18 heteroatoms. The summed E-state index contributed by atoms with van der Waals surface area (Å²) >= 11 is 0. The van der Waals surface area contributed by atoms with E-state index in [0.717, 1.165) is 74.5 Å². The fourth-order valence-corrected chi connectivity index (χ4v) is 5.71. The summed E-state index contributed by atoms with van der Waals surface area (Å²) in [6.45, 7) is 4.12. The largest absolute Gasteiger partial charge is 0.665 e. The van der Waals surface area contributed by atoms with Crippen molar-refractivity contribution in [2.45, 2.75) is 71.3 Å². The first-order valence-corrected chi connectivity index (χ1v) is 17.0. The van der Waals surface area contributed by atoms with Crippen LogP contribution in [0.3, 0.4) is 0 Å². The second-order valence-electron chi connectivity index (χ2n) is 12.0. The third kappa shape index (κ3) is 10.2. The van der Waals surface area contributed by atoms with E-state index in [1.807, 2.05) is 0 Å². The molecule has 288 valence electrons. The Bertz CT molecular complexity index is 2560. The van der Waals surface area contributed by atoms with Crippen LogP contribution in [0.2, 0.25) is 0 Å². The molecule has 0 aliphatic carbocycles. The number of aromatic nitrogens is 2. The molecule has 0 radical (unpaired) electrons. The number of rotatable bonds is 13. The van der Waals surface area contributed by atoms with E-state index in [2.05, 4.69) is 25.7 Å². The van der Waals surface area contributed by atoms with Crippen LogP contribution in [0.25, 0.3) is 43.1 Å². The van der Waals surface area contributed by atoms with Gasteiger partial charge < -0.3 is 18.7 Å². The van der Waals surface area contributed by atoms with Crippen molar-refractivity contribution in [3.8, 4) is 0 Å². The van der Waals surface area contributed by atoms with Crippen molar-refractivity contribution in [2.75, 3.05) is 13.1 Å². The number of aliphatic imine (C=N–C) groups is 2. The standard InChI is InChI=1S/C18H20N2O4.C10H2O6.C8H12N2O2.CHO2/c1-3-4-5-6-7-8-20-17(23)13-9-11-12(10-14(13)18(20)24)16(22)19(2)15(11)21;11-7-3-1-4-6(10(14)16-8(4)12)2-5(3)9(13)15-7;11-7-9-5-3-1-2-4-6-10-8-12;2-1-3/h9-10H,3-8H2,1-2H3;1-2H;1-6H2;(H,2,3)/q;;;-1. The Kier molecular flexibility index (Phi) is 15.9. The minimum absolute atomic E-state index is 0.0181. The number of fused-ring (bicyclic) bond motifs is 4. The second-order valence-corrected chi connectivity index (χ2v) is 12.0. The molecule has 6 aromatic rings. The number of isocyanates is 2. The molecule has 0 amide bonds. The number of benzene rings is 2. The normalized spacial score (nSPS) is 10.5. The summed E-state index contributed by atoms with van der Waals surface area (Å²) in [7, 11) is 1.39. The lowest BCUT2D eigenvalue weighted by atomic mass is 10.1. The van der Waals surface area contributed by atoms with Crippen molar-refractivity contribution in [1.82, 2.24) is 9.13 Å². The minimum atomic E-state index is -0.824. The first-order valence-electron chi connectivity index (χ1n) is 17.0. The van der Waals surface area contributed by atoms with E-state index in [0.29, 0.717) is 26.1 Å². The Morgan fingerprint density at radius 2 is 0.891 bits per heavy atom. The van der Waals surface area contributed by atoms with Crippen molar-refractivity contribution >= 4 is 61.7 Å². The molecule has 18 nitrogen and oxygen atoms in total. The zero-order valence-electron chi connectivity index (χ0n) is 29.8. The molecule has 4 heterocycles. The van der Waals surface area contributed by atoms with Crippen LogP contribution in [0.1, 0.15) is 64.7 Å². The van der Waals surface area contributed by atoms with Crippen LogP contribution in [-0.2, 0) is 28.0 Å². The van der Waals surface area contributed by atoms with Crippen LogP contribution >= 0.6 is 0 Å². The quantitative estimate of drug-likeness (QED) is 0.0761. The molecule has 0 saturated heterocycles. The Morgan fingerprint density at radius 1 is 0.564 bits per heavy atom. The van der Waals surface area contributed by atoms with Gasteiger partial charge in [-0.1, -0.05) is 51.9 Å². The Balaban J connectivity index is 0.000000227. The average Bonchev–Trinajstić information content (AvgIpc) is 3.78. The topological polar surface area (TPSA) is 269 Å². The van der Waals surface area contributed by atoms with Gasteiger partial charge in [0.25, 0.3) is 22.2 Å². The number of hydrogen-bond donors (Lipinski definition) is 1. The van der Waals surface area contributed by atoms with E-state index < -0.39 is 33.6 Å². The molecule has 0 aliphatic rings. The first kappa shape index (κ1) is 42.6. The van der Waals surface area contributed by atoms with Crippen molar-refractivity contribution in [3.63, 3.8) is 0 Å². The van der Waals surface area contributed by atoms with Crippen LogP contribution in [-0.4, -0.2) is 46.0 Å². The SMILES string of the molecule is CCCCCCCn1c(=O)c2cc3c(=O)n(C)c(=O)c3cc2c1=O.O=C=NCCCCCCN=C=O.O=[C-]O.O=c1oc(=O)c2cc3c(=O)oc(=O)c3cc12. The molecule has 0 atom stereocenters. The summed E-state index contributed by atoms with van der Waals surface area (Å²) in [5.41, 5.74) is -4.91. The van der Waals surface area contributed by atoms with Crippen LogP contribution in [0, 0.1) is 0 Å². The summed E-state index contributed by atoms with van der Waals surface area (Å²) < 4.78 is 10.9. The second kappa shape index (κ2) is 20.5. The number of nitrogens with zero attached hydrogens (tertiary/aromatic N) is 4. The van der Waals surface area contributed by atoms with Crippen molar-refractivity contribution in [2.24, 2.45) is 17.0 Å². The molecule has 55 heavy (non-hydrogen) atoms. The third-order valence-corrected chi connectivity index (χ3v) is 8.49. The van der Waals surface area contributed by atoms with Gasteiger partial charge in [0.2, 0.25) is 12.2 Å². The lowest BCUT2D eigenvalue weighted by Gasteiger charge is -2.00. The number of carbonyl (C=O) groups excluding carboxylic acids is 2. The summed E-state index contributed by atoms with van der Waals surface area (Å²) in [6, 6.07) is 5.08. The highest BCUT2D eigenvalue weighted by atomic mass is 16.4. The molecule has 0 fully saturated rings. The molecule has 2 aromatic carbocycles. The fourth-order valence-electron chi connectivity index (χ4n) is 5.71. The van der Waals surface area contributed by atoms with Crippen molar-refractivity contribution in [1.29, 1.82) is 0 Å². The number of unbranched alkanes of at least 4 members (excludes halogenated alkanes) is 7. The highest BCUT2D eigenvalue weighted by Crippen LogP contribution is 2.15. The van der Waals surface area contributed by atoms with E-state index in [-0.39, 0.29) is 54.2 Å². The molecule has 0 aliphatic heterocycles. The van der Waals surface area contributed by atoms with Crippen LogP contribution < -0.4 is 44.7 Å². The Labute approximate surface area is 307 Å². The lowest BCUT2D eigenvalue weighted by Crippen LogP contribution is -2.25. The zero-order chi connectivity index (χ0) is 40.7. The molecule has 0 unspecified atom stereocenters. The van der Waals surface area contributed by atoms with Crippen molar-refractivity contribution < 1.29 is 28.3 Å². The smallest absolute Gasteiger partial charge is 0.346 e. The maximum atomic E-state index is 12.5. The minimum Gasteiger partial charge on any atom is -0.665 e. The monoisotopic (exact) mass is 759 g/mol. The third-order valence-electron chi connectivity index (χ3n) is 8.49. The predicted molar refractivity (Wildman–Crippen MR) is 201 cm³/mol. The first-order chi connectivity index (χ1) is 26.4. The summed E-state index contributed by atoms with van der Waals surface area (Å²) in [4.78, 5) is 128. The van der Waals surface area contributed by atoms with Crippen LogP contribution in [0.15, 0.2) is 81.4 Å². The van der Waals surface area contributed by atoms with Gasteiger partial charge in [-0.05, 0) is 43.5 Å². The number of furan rings is 2. The summed E-state index contributed by atoms with van der Waals surface area (Å²) in [6.07, 6.45) is 11.9. The van der Waals surface area contributed by atoms with Gasteiger partial charge in [-0.3, -0.25) is 28.3 Å². The van der Waals surface area contributed by atoms with E-state index in [9.17, 15) is 47.9 Å². The van der Waals surface area contributed by atoms with Gasteiger partial charge in [0.1, 0.15) is 0 Å². The summed E-state index contributed by atoms with van der Waals surface area (Å²) in [5, 5.41) is 7.54. The van der Waals surface area contributed by atoms with E-state index in [1.165, 1.54) is 35.9 Å². The highest BCUT2D eigenvalue weighted by molar-refractivity contribution is 5.98. The number of aliphatic hydroxyl groups excluding tert-OH is 1. The maximum Gasteiger partial charge on any atom is 0.346 e. The molecule has 0 bridgehead atoms. The van der Waals surface area contributed by atoms with Gasteiger partial charge in [-0.25, -0.2) is 38.8 Å². The molecular formula is C37H35N4O14-.